The first-order valence-corrected chi connectivity index (χ1v) is 33.1. The molecule has 83 heavy (non-hydrogen) atoms. The number of halogens is 4. The minimum absolute atomic E-state index is 0. The Morgan fingerprint density at radius 1 is 0.241 bits per heavy atom. The molecule has 0 saturated heterocycles. The molecule has 13 heteroatoms. The monoisotopic (exact) mass is 1910 g/mol. The van der Waals surface area contributed by atoms with Crippen molar-refractivity contribution in [1.29, 1.82) is 0 Å². The molecule has 0 fully saturated rings. The standard InChI is InChI=1S/2C34H32P2.C2H5.4Au.BF4/c2*1-5-17-31(18-6-1)35(32-19-7-2-8-20-32)27-25-29-15-13-14-16-30(29)26-28-36(33-21-9-3-10-22-33)34-23-11-4-12-24-34;1-2;;;;;2-1(3,4)5/h2*1-24H,25-28H2;1H2,2H3;;;;;/q;;-1;;;2*+1;-1. The molecule has 0 aliphatic heterocycles. The molecule has 10 aromatic rings. The van der Waals surface area contributed by atoms with E-state index in [4.69, 9.17) is 0 Å². The zero-order valence-corrected chi connectivity index (χ0v) is 58.4. The predicted molar refractivity (Wildman–Crippen MR) is 345 cm³/mol. The van der Waals surface area contributed by atoms with Crippen molar-refractivity contribution in [1.82, 2.24) is 0 Å². The molecule has 2 radical (unpaired) electrons. The Morgan fingerprint density at radius 3 is 0.470 bits per heavy atom. The predicted octanol–water partition coefficient (Wildman–Crippen LogP) is 16.2. The number of benzene rings is 10. The summed E-state index contributed by atoms with van der Waals surface area (Å²) in [6.45, 7) is 5.00. The van der Waals surface area contributed by atoms with Crippen LogP contribution in [0.15, 0.2) is 291 Å². The molecule has 0 aromatic heterocycles. The summed E-state index contributed by atoms with van der Waals surface area (Å²) in [5.74, 6) is 0. The van der Waals surface area contributed by atoms with Crippen molar-refractivity contribution in [2.24, 2.45) is 0 Å². The number of hydrogen-bond donors (Lipinski definition) is 0. The Balaban J connectivity index is 0.000000375. The largest absolute Gasteiger partial charge is 1.00 e. The third kappa shape index (κ3) is 25.5. The summed E-state index contributed by atoms with van der Waals surface area (Å²) in [6, 6.07) is 107. The van der Waals surface area contributed by atoms with Crippen LogP contribution in [0.1, 0.15) is 29.2 Å². The van der Waals surface area contributed by atoms with Gasteiger partial charge in [-0.2, -0.15) is 6.92 Å². The Hall–Kier alpha value is -3.33. The molecule has 444 valence electrons. The maximum atomic E-state index is 9.75. The van der Waals surface area contributed by atoms with Crippen LogP contribution in [0.3, 0.4) is 0 Å². The fraction of sp³-hybridized carbons (Fsp3) is 0.129. The van der Waals surface area contributed by atoms with Gasteiger partial charge in [-0.05, 0) is 147 Å². The molecule has 0 nitrogen and oxygen atoms in total. The van der Waals surface area contributed by atoms with Crippen LogP contribution in [-0.4, -0.2) is 31.9 Å². The van der Waals surface area contributed by atoms with E-state index in [2.05, 4.69) is 298 Å². The molecule has 0 bridgehead atoms. The molecule has 0 atom stereocenters. The second-order valence-corrected chi connectivity index (χ2v) is 27.7. The average Bonchev–Trinajstić information content (AvgIpc) is 3.56. The second-order valence-electron chi connectivity index (χ2n) is 18.3. The average molecular weight is 1910 g/mol. The summed E-state index contributed by atoms with van der Waals surface area (Å²) in [5, 5.41) is 11.7. The van der Waals surface area contributed by atoms with Crippen molar-refractivity contribution < 1.29 is 107 Å². The van der Waals surface area contributed by atoms with Crippen LogP contribution in [0, 0.1) is 6.92 Å². The summed E-state index contributed by atoms with van der Waals surface area (Å²) in [4.78, 5) is 0. The van der Waals surface area contributed by atoms with Gasteiger partial charge in [-0.25, -0.2) is 0 Å². The van der Waals surface area contributed by atoms with Crippen molar-refractivity contribution in [2.45, 2.75) is 32.6 Å². The molecule has 0 N–H and O–H groups in total. The van der Waals surface area contributed by atoms with E-state index in [0.29, 0.717) is 0 Å². The van der Waals surface area contributed by atoms with Gasteiger partial charge in [0.1, 0.15) is 0 Å². The van der Waals surface area contributed by atoms with Crippen LogP contribution in [-0.2, 0) is 115 Å². The first-order chi connectivity index (χ1) is 38.8. The van der Waals surface area contributed by atoms with E-state index in [9.17, 15) is 17.3 Å². The third-order valence-corrected chi connectivity index (χ3v) is 23.3. The Kier molecular flexibility index (Phi) is 37.1. The van der Waals surface area contributed by atoms with Crippen molar-refractivity contribution in [3.05, 3.63) is 320 Å². The number of rotatable bonds is 20. The number of aryl methyl sites for hydroxylation is 4. The van der Waals surface area contributed by atoms with Crippen LogP contribution >= 0.6 is 31.7 Å². The quantitative estimate of drug-likeness (QED) is 0.0309. The van der Waals surface area contributed by atoms with Crippen molar-refractivity contribution in [3.63, 3.8) is 0 Å². The van der Waals surface area contributed by atoms with E-state index in [0.717, 1.165) is 25.7 Å². The van der Waals surface area contributed by atoms with Gasteiger partial charge >= 0.3 is 52.0 Å². The van der Waals surface area contributed by atoms with Crippen LogP contribution in [0.4, 0.5) is 17.3 Å². The first-order valence-electron chi connectivity index (χ1n) is 27.0. The van der Waals surface area contributed by atoms with Crippen LogP contribution in [0.2, 0.25) is 0 Å². The van der Waals surface area contributed by atoms with E-state index in [-0.39, 0.29) is 121 Å². The smallest absolute Gasteiger partial charge is 0.418 e. The summed E-state index contributed by atoms with van der Waals surface area (Å²) in [5.41, 5.74) is 6.03. The summed E-state index contributed by atoms with van der Waals surface area (Å²) in [6.07, 6.45) is 9.14. The Bertz CT molecular complexity index is 2630. The molecule has 10 rings (SSSR count). The van der Waals surface area contributed by atoms with Crippen LogP contribution in [0.25, 0.3) is 0 Å². The Morgan fingerprint density at radius 2 is 0.349 bits per heavy atom. The van der Waals surface area contributed by atoms with E-state index < -0.39 is 7.25 Å². The van der Waals surface area contributed by atoms with Crippen LogP contribution in [0.5, 0.6) is 0 Å². The van der Waals surface area contributed by atoms with Gasteiger partial charge < -0.3 is 24.2 Å². The zero-order chi connectivity index (χ0) is 55.3. The maximum absolute atomic E-state index is 9.75. The summed E-state index contributed by atoms with van der Waals surface area (Å²) >= 11 is 0. The topological polar surface area (TPSA) is 0 Å². The van der Waals surface area contributed by atoms with E-state index in [1.807, 2.05) is 0 Å². The first kappa shape index (κ1) is 73.9. The fourth-order valence-electron chi connectivity index (χ4n) is 9.51. The van der Waals surface area contributed by atoms with E-state index in [1.54, 1.807) is 6.92 Å². The molecule has 0 unspecified atom stereocenters. The molecule has 0 heterocycles. The van der Waals surface area contributed by atoms with Crippen molar-refractivity contribution in [3.8, 4) is 0 Å². The molecule has 0 aliphatic rings. The van der Waals surface area contributed by atoms with Gasteiger partial charge in [0.15, 0.2) is 0 Å². The normalized spacial score (nSPS) is 10.5. The molecule has 0 saturated carbocycles. The van der Waals surface area contributed by atoms with Crippen LogP contribution < -0.4 is 42.4 Å². The molecule has 0 amide bonds. The van der Waals surface area contributed by atoms with Gasteiger partial charge in [0.25, 0.3) is 0 Å². The third-order valence-electron chi connectivity index (χ3n) is 13.2. The summed E-state index contributed by atoms with van der Waals surface area (Å²) in [7, 11) is -7.51. The van der Waals surface area contributed by atoms with Crippen molar-refractivity contribution in [2.75, 3.05) is 24.6 Å². The molecule has 0 spiro atoms. The van der Waals surface area contributed by atoms with Gasteiger partial charge in [-0.1, -0.05) is 291 Å². The molecular weight excluding hydrogens is 1840 g/mol. The minimum Gasteiger partial charge on any atom is -0.418 e. The maximum Gasteiger partial charge on any atom is 1.00 e. The zero-order valence-electron chi connectivity index (χ0n) is 46.2. The molecule has 10 aromatic carbocycles. The molecular formula is C70H69Au4BF4P4. The van der Waals surface area contributed by atoms with Gasteiger partial charge in [0.2, 0.25) is 0 Å². The van der Waals surface area contributed by atoms with Gasteiger partial charge in [0, 0.05) is 44.8 Å². The minimum atomic E-state index is -6.00. The van der Waals surface area contributed by atoms with Gasteiger partial charge in [0.05, 0.1) is 0 Å². The van der Waals surface area contributed by atoms with E-state index >= 15 is 0 Å². The van der Waals surface area contributed by atoms with Crippen molar-refractivity contribution >= 4 is 81.4 Å². The second kappa shape index (κ2) is 41.7. The fourth-order valence-corrected chi connectivity index (χ4v) is 18.9. The molecule has 0 aliphatic carbocycles. The number of hydrogen-bond acceptors (Lipinski definition) is 0. The SMILES string of the molecule is F[B-](F)(F)F.[Au+].[Au+].[Au].[Au].[CH2-]C.c1ccc(P(CCc2ccccc2CCP(c2ccccc2)c2ccccc2)c2ccccc2)cc1.c1ccc(P(CCc2ccccc2CCP(c2ccccc2)c2ccccc2)c2ccccc2)cc1. The Labute approximate surface area is 560 Å². The summed E-state index contributed by atoms with van der Waals surface area (Å²) < 4.78 is 39.0. The van der Waals surface area contributed by atoms with Gasteiger partial charge in [-0.3, -0.25) is 0 Å². The van der Waals surface area contributed by atoms with Gasteiger partial charge in [-0.15, -0.1) is 0 Å². The van der Waals surface area contributed by atoms with E-state index in [1.165, 1.54) is 89.3 Å².